The predicted molar refractivity (Wildman–Crippen MR) is 83.9 cm³/mol. The van der Waals surface area contributed by atoms with Crippen LogP contribution in [0.5, 0.6) is 0 Å². The number of imidazole rings is 1. The van der Waals surface area contributed by atoms with Crippen LogP contribution in [-0.4, -0.2) is 56.1 Å². The summed E-state index contributed by atoms with van der Waals surface area (Å²) in [5.74, 6) is 0.431. The van der Waals surface area contributed by atoms with Crippen LogP contribution in [0.1, 0.15) is 28.4 Å². The van der Waals surface area contributed by atoms with Crippen molar-refractivity contribution < 1.29 is 9.53 Å². The van der Waals surface area contributed by atoms with E-state index in [0.29, 0.717) is 25.5 Å². The molecule has 0 aliphatic carbocycles. The van der Waals surface area contributed by atoms with Crippen molar-refractivity contribution in [1.29, 1.82) is 0 Å². The molecule has 3 rings (SSSR count). The van der Waals surface area contributed by atoms with Gasteiger partial charge in [0.15, 0.2) is 5.82 Å². The van der Waals surface area contributed by atoms with Gasteiger partial charge in [-0.25, -0.2) is 15.0 Å². The maximum Gasteiger partial charge on any atom is 0.290 e. The molecule has 122 valence electrons. The lowest BCUT2D eigenvalue weighted by atomic mass is 10.1. The van der Waals surface area contributed by atoms with Crippen molar-refractivity contribution in [2.45, 2.75) is 25.9 Å². The first-order valence-corrected chi connectivity index (χ1v) is 7.79. The van der Waals surface area contributed by atoms with E-state index in [-0.39, 0.29) is 12.0 Å². The molecule has 1 aliphatic rings. The fraction of sp³-hybridized carbons (Fsp3) is 0.500. The molecule has 0 saturated carbocycles. The monoisotopic (exact) mass is 315 g/mol. The molecule has 0 N–H and O–H groups in total. The van der Waals surface area contributed by atoms with E-state index in [4.69, 9.17) is 4.74 Å². The van der Waals surface area contributed by atoms with E-state index < -0.39 is 0 Å². The van der Waals surface area contributed by atoms with Gasteiger partial charge in [0.25, 0.3) is 5.91 Å². The van der Waals surface area contributed by atoms with E-state index in [9.17, 15) is 4.79 Å². The summed E-state index contributed by atoms with van der Waals surface area (Å²) in [7, 11) is 1.83. The SMILES string of the molecule is Cc1cc(CC[C@H]2CN(C(=O)c3nccn3C)CCO2)ncn1. The number of hydrogen-bond donors (Lipinski definition) is 0. The van der Waals surface area contributed by atoms with Gasteiger partial charge in [0.05, 0.1) is 12.7 Å². The van der Waals surface area contributed by atoms with Gasteiger partial charge in [0, 0.05) is 43.9 Å². The number of nitrogens with zero attached hydrogens (tertiary/aromatic N) is 5. The third-order valence-electron chi connectivity index (χ3n) is 4.02. The molecule has 23 heavy (non-hydrogen) atoms. The lowest BCUT2D eigenvalue weighted by Gasteiger charge is -2.32. The maximum absolute atomic E-state index is 12.5. The van der Waals surface area contributed by atoms with Crippen LogP contribution in [0.25, 0.3) is 0 Å². The highest BCUT2D eigenvalue weighted by atomic mass is 16.5. The summed E-state index contributed by atoms with van der Waals surface area (Å²) in [4.78, 5) is 26.8. The van der Waals surface area contributed by atoms with E-state index in [1.807, 2.05) is 24.9 Å². The van der Waals surface area contributed by atoms with Crippen LogP contribution in [0, 0.1) is 6.92 Å². The van der Waals surface area contributed by atoms with E-state index in [2.05, 4.69) is 15.0 Å². The van der Waals surface area contributed by atoms with Crippen molar-refractivity contribution in [2.24, 2.45) is 7.05 Å². The molecule has 2 aromatic heterocycles. The standard InChI is InChI=1S/C16H21N5O2/c1-12-9-13(19-11-18-12)3-4-14-10-21(7-8-23-14)16(22)15-17-5-6-20(15)2/h5-6,9,11,14H,3-4,7-8,10H2,1-2H3/t14-/m0/s1. The summed E-state index contributed by atoms with van der Waals surface area (Å²) in [5.41, 5.74) is 1.97. The van der Waals surface area contributed by atoms with Crippen LogP contribution >= 0.6 is 0 Å². The Morgan fingerprint density at radius 1 is 1.39 bits per heavy atom. The molecule has 1 aliphatic heterocycles. The Bertz CT molecular complexity index is 685. The van der Waals surface area contributed by atoms with E-state index in [1.54, 1.807) is 23.3 Å². The molecule has 3 heterocycles. The molecule has 1 fully saturated rings. The highest BCUT2D eigenvalue weighted by Crippen LogP contribution is 2.14. The molecule has 7 heteroatoms. The number of hydrogen-bond acceptors (Lipinski definition) is 5. The minimum Gasteiger partial charge on any atom is -0.375 e. The zero-order valence-corrected chi connectivity index (χ0v) is 13.5. The van der Waals surface area contributed by atoms with Crippen molar-refractivity contribution >= 4 is 5.91 Å². The van der Waals surface area contributed by atoms with Gasteiger partial charge in [-0.2, -0.15) is 0 Å². The minimum atomic E-state index is -0.0383. The third kappa shape index (κ3) is 3.73. The van der Waals surface area contributed by atoms with Crippen LogP contribution in [0.4, 0.5) is 0 Å². The van der Waals surface area contributed by atoms with Crippen LogP contribution in [0.2, 0.25) is 0 Å². The fourth-order valence-electron chi connectivity index (χ4n) is 2.75. The van der Waals surface area contributed by atoms with Gasteiger partial charge in [0.2, 0.25) is 0 Å². The Labute approximate surface area is 135 Å². The summed E-state index contributed by atoms with van der Waals surface area (Å²) < 4.78 is 7.54. The predicted octanol–water partition coefficient (Wildman–Crippen LogP) is 0.992. The second-order valence-electron chi connectivity index (χ2n) is 5.80. The van der Waals surface area contributed by atoms with Gasteiger partial charge in [-0.15, -0.1) is 0 Å². The number of aromatic nitrogens is 4. The first-order chi connectivity index (χ1) is 11.1. The highest BCUT2D eigenvalue weighted by Gasteiger charge is 2.26. The summed E-state index contributed by atoms with van der Waals surface area (Å²) in [5, 5.41) is 0. The molecule has 1 amide bonds. The molecule has 2 aromatic rings. The topological polar surface area (TPSA) is 73.1 Å². The molecule has 0 unspecified atom stereocenters. The number of rotatable bonds is 4. The Hall–Kier alpha value is -2.28. The number of carbonyl (C=O) groups excluding carboxylic acids is 1. The second-order valence-corrected chi connectivity index (χ2v) is 5.80. The summed E-state index contributed by atoms with van der Waals surface area (Å²) >= 11 is 0. The first-order valence-electron chi connectivity index (χ1n) is 7.79. The molecule has 1 saturated heterocycles. The van der Waals surface area contributed by atoms with Gasteiger partial charge in [0.1, 0.15) is 6.33 Å². The number of amides is 1. The Balaban J connectivity index is 1.58. The molecule has 1 atom stereocenters. The van der Waals surface area contributed by atoms with E-state index >= 15 is 0 Å². The third-order valence-corrected chi connectivity index (χ3v) is 4.02. The number of ether oxygens (including phenoxy) is 1. The lowest BCUT2D eigenvalue weighted by molar-refractivity contribution is -0.0251. The van der Waals surface area contributed by atoms with Gasteiger partial charge >= 0.3 is 0 Å². The Morgan fingerprint density at radius 2 is 2.26 bits per heavy atom. The van der Waals surface area contributed by atoms with Crippen molar-refractivity contribution in [3.63, 3.8) is 0 Å². The number of aryl methyl sites for hydroxylation is 3. The second kappa shape index (κ2) is 6.87. The smallest absolute Gasteiger partial charge is 0.290 e. The van der Waals surface area contributed by atoms with Gasteiger partial charge in [-0.1, -0.05) is 0 Å². The van der Waals surface area contributed by atoms with Gasteiger partial charge in [-0.05, 0) is 25.8 Å². The minimum absolute atomic E-state index is 0.0308. The van der Waals surface area contributed by atoms with Crippen molar-refractivity contribution in [3.8, 4) is 0 Å². The number of morpholine rings is 1. The van der Waals surface area contributed by atoms with Crippen molar-refractivity contribution in [2.75, 3.05) is 19.7 Å². The average Bonchev–Trinajstić information content (AvgIpc) is 2.99. The van der Waals surface area contributed by atoms with Gasteiger partial charge < -0.3 is 14.2 Å². The Kier molecular flexibility index (Phi) is 4.66. The van der Waals surface area contributed by atoms with Crippen LogP contribution < -0.4 is 0 Å². The molecule has 7 nitrogen and oxygen atoms in total. The molecule has 0 spiro atoms. The quantitative estimate of drug-likeness (QED) is 0.841. The van der Waals surface area contributed by atoms with E-state index in [0.717, 1.165) is 24.2 Å². The zero-order chi connectivity index (χ0) is 16.2. The van der Waals surface area contributed by atoms with Crippen LogP contribution in [0.15, 0.2) is 24.8 Å². The van der Waals surface area contributed by atoms with Gasteiger partial charge in [-0.3, -0.25) is 4.79 Å². The lowest BCUT2D eigenvalue weighted by Crippen LogP contribution is -2.46. The summed E-state index contributed by atoms with van der Waals surface area (Å²) in [6, 6.07) is 1.99. The van der Waals surface area contributed by atoms with Crippen molar-refractivity contribution in [3.05, 3.63) is 42.0 Å². The van der Waals surface area contributed by atoms with Crippen LogP contribution in [0.3, 0.4) is 0 Å². The van der Waals surface area contributed by atoms with Crippen LogP contribution in [-0.2, 0) is 18.2 Å². The fourth-order valence-corrected chi connectivity index (χ4v) is 2.75. The van der Waals surface area contributed by atoms with E-state index in [1.165, 1.54) is 0 Å². The average molecular weight is 315 g/mol. The Morgan fingerprint density at radius 3 is 3.00 bits per heavy atom. The summed E-state index contributed by atoms with van der Waals surface area (Å²) in [6.07, 6.45) is 6.69. The normalized spacial score (nSPS) is 18.2. The summed E-state index contributed by atoms with van der Waals surface area (Å²) in [6.45, 7) is 3.71. The molecular weight excluding hydrogens is 294 g/mol. The molecule has 0 bridgehead atoms. The highest BCUT2D eigenvalue weighted by molar-refractivity contribution is 5.90. The largest absolute Gasteiger partial charge is 0.375 e. The molecule has 0 radical (unpaired) electrons. The van der Waals surface area contributed by atoms with Crippen molar-refractivity contribution in [1.82, 2.24) is 24.4 Å². The zero-order valence-electron chi connectivity index (χ0n) is 13.5. The molecule has 0 aromatic carbocycles. The number of carbonyl (C=O) groups is 1. The maximum atomic E-state index is 12.5. The first kappa shape index (κ1) is 15.6. The molecular formula is C16H21N5O2.